The lowest BCUT2D eigenvalue weighted by molar-refractivity contribution is 0.0730. The first-order chi connectivity index (χ1) is 15.4. The van der Waals surface area contributed by atoms with Crippen molar-refractivity contribution in [3.05, 3.63) is 65.5 Å². The zero-order chi connectivity index (χ0) is 22.6. The molecule has 1 aliphatic heterocycles. The molecule has 0 unspecified atom stereocenters. The summed E-state index contributed by atoms with van der Waals surface area (Å²) in [5.74, 6) is -0.511. The van der Waals surface area contributed by atoms with Gasteiger partial charge in [0.1, 0.15) is 5.82 Å². The molecule has 32 heavy (non-hydrogen) atoms. The Hall–Kier alpha value is -2.29. The lowest BCUT2D eigenvalue weighted by Gasteiger charge is -2.38. The number of carbonyl (C=O) groups excluding carboxylic acids is 1. The zero-order valence-corrected chi connectivity index (χ0v) is 18.9. The first-order valence-corrected chi connectivity index (χ1v) is 12.6. The van der Waals surface area contributed by atoms with Gasteiger partial charge in [-0.05, 0) is 54.8 Å². The monoisotopic (exact) mass is 460 g/mol. The summed E-state index contributed by atoms with van der Waals surface area (Å²) in [5.41, 5.74) is 1.25. The number of nitrogens with zero attached hydrogens (tertiary/aromatic N) is 1. The molecule has 0 atom stereocenters. The van der Waals surface area contributed by atoms with E-state index < -0.39 is 10.0 Å². The third kappa shape index (κ3) is 4.87. The fourth-order valence-corrected chi connectivity index (χ4v) is 6.07. The summed E-state index contributed by atoms with van der Waals surface area (Å²) in [4.78, 5) is 13.0. The minimum absolute atomic E-state index is 0.172. The van der Waals surface area contributed by atoms with E-state index in [0.29, 0.717) is 38.4 Å². The molecule has 2 aromatic rings. The topological polar surface area (TPSA) is 75.7 Å². The van der Waals surface area contributed by atoms with Crippen molar-refractivity contribution in [3.63, 3.8) is 0 Å². The van der Waals surface area contributed by atoms with Crippen molar-refractivity contribution in [2.75, 3.05) is 32.8 Å². The Morgan fingerprint density at radius 2 is 1.59 bits per heavy atom. The van der Waals surface area contributed by atoms with Crippen molar-refractivity contribution < 1.29 is 22.3 Å². The largest absolute Gasteiger partial charge is 0.379 e. The van der Waals surface area contributed by atoms with Crippen molar-refractivity contribution in [2.24, 2.45) is 0 Å². The minimum atomic E-state index is -3.59. The zero-order valence-electron chi connectivity index (χ0n) is 18.1. The van der Waals surface area contributed by atoms with Crippen LogP contribution in [0.5, 0.6) is 0 Å². The maximum absolute atomic E-state index is 13.4. The smallest absolute Gasteiger partial charge is 0.251 e. The van der Waals surface area contributed by atoms with Gasteiger partial charge in [0.05, 0.1) is 18.1 Å². The Balaban J connectivity index is 1.45. The second-order valence-electron chi connectivity index (χ2n) is 8.57. The van der Waals surface area contributed by atoms with Gasteiger partial charge >= 0.3 is 0 Å². The van der Waals surface area contributed by atoms with Crippen LogP contribution in [0, 0.1) is 5.82 Å². The number of amides is 1. The maximum Gasteiger partial charge on any atom is 0.251 e. The first-order valence-electron chi connectivity index (χ1n) is 11.1. The van der Waals surface area contributed by atoms with Crippen molar-refractivity contribution in [1.82, 2.24) is 9.62 Å². The molecule has 0 bridgehead atoms. The van der Waals surface area contributed by atoms with Gasteiger partial charge in [0.2, 0.25) is 10.0 Å². The van der Waals surface area contributed by atoms with E-state index in [1.165, 1.54) is 28.6 Å². The van der Waals surface area contributed by atoms with E-state index in [4.69, 9.17) is 4.74 Å². The van der Waals surface area contributed by atoms with Crippen LogP contribution in [-0.2, 0) is 20.2 Å². The maximum atomic E-state index is 13.4. The molecule has 8 heteroatoms. The van der Waals surface area contributed by atoms with Crippen molar-refractivity contribution in [1.29, 1.82) is 0 Å². The lowest BCUT2D eigenvalue weighted by Crippen LogP contribution is -2.42. The van der Waals surface area contributed by atoms with Crippen molar-refractivity contribution in [2.45, 2.75) is 42.4 Å². The minimum Gasteiger partial charge on any atom is -0.379 e. The molecule has 1 saturated carbocycles. The van der Waals surface area contributed by atoms with Gasteiger partial charge in [-0.25, -0.2) is 12.8 Å². The number of hydrogen-bond donors (Lipinski definition) is 1. The fourth-order valence-electron chi connectivity index (χ4n) is 4.67. The van der Waals surface area contributed by atoms with Crippen molar-refractivity contribution >= 4 is 15.9 Å². The number of morpholine rings is 1. The molecule has 0 spiro atoms. The molecule has 0 aromatic heterocycles. The van der Waals surface area contributed by atoms with E-state index in [0.717, 1.165) is 37.7 Å². The van der Waals surface area contributed by atoms with Gasteiger partial charge in [0.15, 0.2) is 0 Å². The Morgan fingerprint density at radius 1 is 0.969 bits per heavy atom. The van der Waals surface area contributed by atoms with Gasteiger partial charge in [0, 0.05) is 30.6 Å². The number of hydrogen-bond acceptors (Lipinski definition) is 4. The number of halogens is 1. The molecule has 1 aliphatic carbocycles. The second kappa shape index (κ2) is 9.68. The van der Waals surface area contributed by atoms with Crippen LogP contribution in [0.3, 0.4) is 0 Å². The van der Waals surface area contributed by atoms with Gasteiger partial charge in [-0.1, -0.05) is 31.4 Å². The van der Waals surface area contributed by atoms with E-state index in [-0.39, 0.29) is 22.0 Å². The second-order valence-corrected chi connectivity index (χ2v) is 10.5. The summed E-state index contributed by atoms with van der Waals surface area (Å²) in [5, 5.41) is 3.04. The average Bonchev–Trinajstić information content (AvgIpc) is 2.84. The number of rotatable bonds is 6. The SMILES string of the molecule is O=C(NCC1(c2ccc(F)cc2)CCCCC1)c1ccc(S(=O)(=O)N2CCOCC2)cc1. The van der Waals surface area contributed by atoms with Crippen LogP contribution < -0.4 is 5.32 Å². The van der Waals surface area contributed by atoms with Crippen LogP contribution in [0.1, 0.15) is 48.0 Å². The molecule has 1 saturated heterocycles. The average molecular weight is 461 g/mol. The first kappa shape index (κ1) is 22.9. The Labute approximate surface area is 188 Å². The fraction of sp³-hybridized carbons (Fsp3) is 0.458. The molecule has 2 fully saturated rings. The molecule has 0 radical (unpaired) electrons. The predicted octanol–water partition coefficient (Wildman–Crippen LogP) is 3.48. The highest BCUT2D eigenvalue weighted by Crippen LogP contribution is 2.39. The summed E-state index contributed by atoms with van der Waals surface area (Å²) in [6.07, 6.45) is 5.18. The van der Waals surface area contributed by atoms with E-state index in [1.807, 2.05) is 12.1 Å². The molecule has 2 aromatic carbocycles. The van der Waals surface area contributed by atoms with Gasteiger partial charge in [-0.3, -0.25) is 4.79 Å². The summed E-state index contributed by atoms with van der Waals surface area (Å²) in [6.45, 7) is 1.89. The number of benzene rings is 2. The quantitative estimate of drug-likeness (QED) is 0.716. The molecule has 1 amide bonds. The van der Waals surface area contributed by atoms with E-state index in [9.17, 15) is 17.6 Å². The lowest BCUT2D eigenvalue weighted by atomic mass is 9.69. The van der Waals surface area contributed by atoms with Gasteiger partial charge in [-0.2, -0.15) is 4.31 Å². The van der Waals surface area contributed by atoms with Crippen molar-refractivity contribution in [3.8, 4) is 0 Å². The van der Waals surface area contributed by atoms with Crippen LogP contribution >= 0.6 is 0 Å². The van der Waals surface area contributed by atoms with E-state index in [1.54, 1.807) is 12.1 Å². The summed E-state index contributed by atoms with van der Waals surface area (Å²) in [6, 6.07) is 12.6. The Kier molecular flexibility index (Phi) is 6.93. The number of sulfonamides is 1. The molecular weight excluding hydrogens is 431 g/mol. The highest BCUT2D eigenvalue weighted by Gasteiger charge is 2.34. The molecule has 4 rings (SSSR count). The number of nitrogens with one attached hydrogen (secondary N) is 1. The van der Waals surface area contributed by atoms with E-state index in [2.05, 4.69) is 5.32 Å². The van der Waals surface area contributed by atoms with Crippen LogP contribution in [0.15, 0.2) is 53.4 Å². The van der Waals surface area contributed by atoms with Gasteiger partial charge in [0.25, 0.3) is 5.91 Å². The van der Waals surface area contributed by atoms with Crippen LogP contribution in [-0.4, -0.2) is 51.5 Å². The van der Waals surface area contributed by atoms with E-state index >= 15 is 0 Å². The molecule has 172 valence electrons. The third-order valence-electron chi connectivity index (χ3n) is 6.58. The highest BCUT2D eigenvalue weighted by atomic mass is 32.2. The third-order valence-corrected chi connectivity index (χ3v) is 8.49. The standard InChI is InChI=1S/C24H29FN2O4S/c25-21-8-6-20(7-9-21)24(12-2-1-3-13-24)18-26-23(28)19-4-10-22(11-5-19)32(29,30)27-14-16-31-17-15-27/h4-11H,1-3,12-18H2,(H,26,28). The summed E-state index contributed by atoms with van der Waals surface area (Å²) in [7, 11) is -3.59. The van der Waals surface area contributed by atoms with Gasteiger partial charge in [-0.15, -0.1) is 0 Å². The molecule has 1 heterocycles. The number of carbonyl (C=O) groups is 1. The molecular formula is C24H29FN2O4S. The van der Waals surface area contributed by atoms with Crippen LogP contribution in [0.4, 0.5) is 4.39 Å². The normalized spacial score (nSPS) is 19.4. The predicted molar refractivity (Wildman–Crippen MR) is 120 cm³/mol. The van der Waals surface area contributed by atoms with Crippen LogP contribution in [0.2, 0.25) is 0 Å². The Morgan fingerprint density at radius 3 is 2.22 bits per heavy atom. The number of ether oxygens (including phenoxy) is 1. The molecule has 6 nitrogen and oxygen atoms in total. The molecule has 2 aliphatic rings. The summed E-state index contributed by atoms with van der Waals surface area (Å²) >= 11 is 0. The van der Waals surface area contributed by atoms with Crippen LogP contribution in [0.25, 0.3) is 0 Å². The molecule has 1 N–H and O–H groups in total. The Bertz CT molecular complexity index is 1030. The summed E-state index contributed by atoms with van der Waals surface area (Å²) < 4.78 is 45.6. The highest BCUT2D eigenvalue weighted by molar-refractivity contribution is 7.89. The van der Waals surface area contributed by atoms with Gasteiger partial charge < -0.3 is 10.1 Å².